The van der Waals surface area contributed by atoms with Crippen LogP contribution >= 0.6 is 11.6 Å². The lowest BCUT2D eigenvalue weighted by molar-refractivity contribution is 0.00420. The number of amides is 1. The van der Waals surface area contributed by atoms with Crippen LogP contribution in [0.25, 0.3) is 0 Å². The van der Waals surface area contributed by atoms with Gasteiger partial charge >= 0.3 is 0 Å². The second-order valence-corrected chi connectivity index (χ2v) is 4.06. The SMILES string of the molecule is Cn1ccc(C(=O)N2CCOCC2CCl)n1. The van der Waals surface area contributed by atoms with Crippen molar-refractivity contribution in [1.82, 2.24) is 14.7 Å². The fraction of sp³-hybridized carbons (Fsp3) is 0.600. The summed E-state index contributed by atoms with van der Waals surface area (Å²) in [5, 5.41) is 4.10. The van der Waals surface area contributed by atoms with E-state index in [0.717, 1.165) is 0 Å². The van der Waals surface area contributed by atoms with Crippen LogP contribution in [0.15, 0.2) is 12.3 Å². The van der Waals surface area contributed by atoms with E-state index in [1.165, 1.54) is 0 Å². The van der Waals surface area contributed by atoms with Crippen LogP contribution in [0.1, 0.15) is 10.5 Å². The van der Waals surface area contributed by atoms with E-state index in [-0.39, 0.29) is 11.9 Å². The number of halogens is 1. The monoisotopic (exact) mass is 243 g/mol. The molecule has 0 saturated carbocycles. The molecule has 0 spiro atoms. The van der Waals surface area contributed by atoms with Crippen LogP contribution in [0.2, 0.25) is 0 Å². The quantitative estimate of drug-likeness (QED) is 0.711. The van der Waals surface area contributed by atoms with Crippen molar-refractivity contribution in [3.05, 3.63) is 18.0 Å². The first-order chi connectivity index (χ1) is 7.72. The molecule has 1 unspecified atom stereocenters. The van der Waals surface area contributed by atoms with Gasteiger partial charge in [0.1, 0.15) is 5.69 Å². The van der Waals surface area contributed by atoms with Gasteiger partial charge in [-0.2, -0.15) is 5.10 Å². The van der Waals surface area contributed by atoms with Gasteiger partial charge in [-0.05, 0) is 6.07 Å². The highest BCUT2D eigenvalue weighted by molar-refractivity contribution is 6.18. The number of alkyl halides is 1. The van der Waals surface area contributed by atoms with E-state index < -0.39 is 0 Å². The van der Waals surface area contributed by atoms with Crippen molar-refractivity contribution in [2.24, 2.45) is 7.05 Å². The molecule has 2 rings (SSSR count). The van der Waals surface area contributed by atoms with E-state index in [9.17, 15) is 4.79 Å². The lowest BCUT2D eigenvalue weighted by Crippen LogP contribution is -2.49. The second kappa shape index (κ2) is 4.84. The van der Waals surface area contributed by atoms with Gasteiger partial charge in [0.05, 0.1) is 19.3 Å². The summed E-state index contributed by atoms with van der Waals surface area (Å²) in [4.78, 5) is 13.9. The van der Waals surface area contributed by atoms with Gasteiger partial charge in [-0.1, -0.05) is 0 Å². The number of rotatable bonds is 2. The number of carbonyl (C=O) groups is 1. The molecule has 16 heavy (non-hydrogen) atoms. The first-order valence-electron chi connectivity index (χ1n) is 5.16. The fourth-order valence-electron chi connectivity index (χ4n) is 1.73. The van der Waals surface area contributed by atoms with Crippen LogP contribution in [0.4, 0.5) is 0 Å². The molecule has 1 aliphatic heterocycles. The van der Waals surface area contributed by atoms with E-state index in [0.29, 0.717) is 31.3 Å². The minimum Gasteiger partial charge on any atom is -0.377 e. The molecular formula is C10H14ClN3O2. The average Bonchev–Trinajstić information content (AvgIpc) is 2.75. The zero-order valence-electron chi connectivity index (χ0n) is 9.10. The Morgan fingerprint density at radius 3 is 3.19 bits per heavy atom. The smallest absolute Gasteiger partial charge is 0.274 e. The topological polar surface area (TPSA) is 47.4 Å². The van der Waals surface area contributed by atoms with Crippen molar-refractivity contribution in [3.8, 4) is 0 Å². The van der Waals surface area contributed by atoms with Crippen molar-refractivity contribution < 1.29 is 9.53 Å². The highest BCUT2D eigenvalue weighted by atomic mass is 35.5. The molecule has 0 aliphatic carbocycles. The molecule has 1 saturated heterocycles. The first kappa shape index (κ1) is 11.4. The molecule has 0 aromatic carbocycles. The standard InChI is InChI=1S/C10H14ClN3O2/c1-13-3-2-9(12-13)10(15)14-4-5-16-7-8(14)6-11/h2-3,8H,4-7H2,1H3. The van der Waals surface area contributed by atoms with Crippen molar-refractivity contribution >= 4 is 17.5 Å². The molecule has 2 heterocycles. The van der Waals surface area contributed by atoms with Crippen LogP contribution in [0, 0.1) is 0 Å². The predicted octanol–water partition coefficient (Wildman–Crippen LogP) is 0.500. The number of aryl methyl sites for hydroxylation is 1. The van der Waals surface area contributed by atoms with Gasteiger partial charge in [-0.15, -0.1) is 11.6 Å². The molecule has 1 fully saturated rings. The average molecular weight is 244 g/mol. The number of nitrogens with zero attached hydrogens (tertiary/aromatic N) is 3. The number of hydrogen-bond acceptors (Lipinski definition) is 3. The Hall–Kier alpha value is -1.07. The predicted molar refractivity (Wildman–Crippen MR) is 59.6 cm³/mol. The number of aromatic nitrogens is 2. The third kappa shape index (κ3) is 2.20. The van der Waals surface area contributed by atoms with Crippen LogP contribution < -0.4 is 0 Å². The molecule has 0 bridgehead atoms. The van der Waals surface area contributed by atoms with Crippen LogP contribution in [-0.4, -0.2) is 52.3 Å². The third-order valence-corrected chi connectivity index (χ3v) is 2.96. The van der Waals surface area contributed by atoms with Crippen molar-refractivity contribution in [2.45, 2.75) is 6.04 Å². The van der Waals surface area contributed by atoms with Gasteiger partial charge in [-0.3, -0.25) is 9.48 Å². The molecule has 0 radical (unpaired) electrons. The summed E-state index contributed by atoms with van der Waals surface area (Å²) in [5.74, 6) is 0.313. The number of hydrogen-bond donors (Lipinski definition) is 0. The molecule has 1 aromatic rings. The minimum atomic E-state index is -0.0745. The van der Waals surface area contributed by atoms with Gasteiger partial charge < -0.3 is 9.64 Å². The van der Waals surface area contributed by atoms with Gasteiger partial charge in [0, 0.05) is 25.7 Å². The maximum atomic E-state index is 12.1. The first-order valence-corrected chi connectivity index (χ1v) is 5.70. The molecule has 1 atom stereocenters. The Labute approximate surface area is 98.9 Å². The van der Waals surface area contributed by atoms with Crippen molar-refractivity contribution in [3.63, 3.8) is 0 Å². The second-order valence-electron chi connectivity index (χ2n) is 3.76. The van der Waals surface area contributed by atoms with E-state index in [4.69, 9.17) is 16.3 Å². The Morgan fingerprint density at radius 2 is 2.56 bits per heavy atom. The van der Waals surface area contributed by atoms with E-state index in [1.807, 2.05) is 0 Å². The van der Waals surface area contributed by atoms with Crippen molar-refractivity contribution in [1.29, 1.82) is 0 Å². The lowest BCUT2D eigenvalue weighted by atomic mass is 10.2. The highest BCUT2D eigenvalue weighted by Crippen LogP contribution is 2.12. The maximum absolute atomic E-state index is 12.1. The molecule has 1 aromatic heterocycles. The Morgan fingerprint density at radius 1 is 1.75 bits per heavy atom. The zero-order chi connectivity index (χ0) is 11.5. The summed E-state index contributed by atoms with van der Waals surface area (Å²) in [6.07, 6.45) is 1.75. The molecule has 5 nitrogen and oxygen atoms in total. The summed E-state index contributed by atoms with van der Waals surface area (Å²) < 4.78 is 6.90. The molecular weight excluding hydrogens is 230 g/mol. The largest absolute Gasteiger partial charge is 0.377 e. The molecule has 6 heteroatoms. The lowest BCUT2D eigenvalue weighted by Gasteiger charge is -2.33. The maximum Gasteiger partial charge on any atom is 0.274 e. The summed E-state index contributed by atoms with van der Waals surface area (Å²) in [6.45, 7) is 1.64. The highest BCUT2D eigenvalue weighted by Gasteiger charge is 2.28. The number of carbonyl (C=O) groups excluding carboxylic acids is 1. The van der Waals surface area contributed by atoms with E-state index >= 15 is 0 Å². The van der Waals surface area contributed by atoms with Gasteiger partial charge in [0.25, 0.3) is 5.91 Å². The normalized spacial score (nSPS) is 21.1. The Kier molecular flexibility index (Phi) is 3.46. The summed E-state index contributed by atoms with van der Waals surface area (Å²) in [6, 6.07) is 1.66. The molecule has 0 N–H and O–H groups in total. The third-order valence-electron chi connectivity index (χ3n) is 2.60. The molecule has 1 amide bonds. The van der Waals surface area contributed by atoms with E-state index in [1.54, 1.807) is 28.9 Å². The Balaban J connectivity index is 2.13. The van der Waals surface area contributed by atoms with Crippen LogP contribution in [0.3, 0.4) is 0 Å². The van der Waals surface area contributed by atoms with Crippen molar-refractivity contribution in [2.75, 3.05) is 25.6 Å². The van der Waals surface area contributed by atoms with Gasteiger partial charge in [0.2, 0.25) is 0 Å². The van der Waals surface area contributed by atoms with Crippen LogP contribution in [0.5, 0.6) is 0 Å². The van der Waals surface area contributed by atoms with E-state index in [2.05, 4.69) is 5.10 Å². The summed E-state index contributed by atoms with van der Waals surface area (Å²) >= 11 is 5.81. The molecule has 88 valence electrons. The summed E-state index contributed by atoms with van der Waals surface area (Å²) in [5.41, 5.74) is 0.458. The minimum absolute atomic E-state index is 0.0510. The summed E-state index contributed by atoms with van der Waals surface area (Å²) in [7, 11) is 1.79. The van der Waals surface area contributed by atoms with Gasteiger partial charge in [0.15, 0.2) is 0 Å². The van der Waals surface area contributed by atoms with Crippen LogP contribution in [-0.2, 0) is 11.8 Å². The van der Waals surface area contributed by atoms with Gasteiger partial charge in [-0.25, -0.2) is 0 Å². The molecule has 1 aliphatic rings. The fourth-order valence-corrected chi connectivity index (χ4v) is 1.98. The number of ether oxygens (including phenoxy) is 1. The Bertz CT molecular complexity index is 380. The zero-order valence-corrected chi connectivity index (χ0v) is 9.85. The number of morpholine rings is 1.